The highest BCUT2D eigenvalue weighted by molar-refractivity contribution is 7.99. The third-order valence-corrected chi connectivity index (χ3v) is 6.39. The molecule has 0 bridgehead atoms. The van der Waals surface area contributed by atoms with Gasteiger partial charge in [0.05, 0.1) is 11.7 Å². The van der Waals surface area contributed by atoms with Crippen LogP contribution in [0.2, 0.25) is 0 Å². The van der Waals surface area contributed by atoms with Crippen LogP contribution in [0.1, 0.15) is 57.8 Å². The summed E-state index contributed by atoms with van der Waals surface area (Å²) in [6.45, 7) is 1.09. The molecule has 3 rings (SSSR count). The third kappa shape index (κ3) is 2.73. The normalized spacial score (nSPS) is 38.8. The highest BCUT2D eigenvalue weighted by Gasteiger charge is 2.42. The van der Waals surface area contributed by atoms with Crippen molar-refractivity contribution in [2.75, 3.05) is 12.8 Å². The standard InChI is InChI=1S/C15H27NOS/c1-18-14-6-4-5-13(14)16-11-12-7-10-15(17-12)8-2-3-9-15/h12-14,16H,2-11H2,1H3. The summed E-state index contributed by atoms with van der Waals surface area (Å²) in [5.41, 5.74) is 0.306. The van der Waals surface area contributed by atoms with E-state index in [4.69, 9.17) is 4.74 Å². The van der Waals surface area contributed by atoms with Gasteiger partial charge >= 0.3 is 0 Å². The zero-order valence-corrected chi connectivity index (χ0v) is 12.4. The molecule has 2 nitrogen and oxygen atoms in total. The molecule has 18 heavy (non-hydrogen) atoms. The zero-order chi connectivity index (χ0) is 12.4. The molecule has 0 aromatic carbocycles. The van der Waals surface area contributed by atoms with Gasteiger partial charge in [0.1, 0.15) is 0 Å². The highest BCUT2D eigenvalue weighted by atomic mass is 32.2. The van der Waals surface area contributed by atoms with Crippen LogP contribution in [-0.2, 0) is 4.74 Å². The number of hydrogen-bond acceptors (Lipinski definition) is 3. The van der Waals surface area contributed by atoms with Gasteiger partial charge in [0, 0.05) is 17.8 Å². The van der Waals surface area contributed by atoms with E-state index in [0.29, 0.717) is 11.7 Å². The second-order valence-corrected chi connectivity index (χ2v) is 7.47. The molecule has 0 radical (unpaired) electrons. The molecule has 3 unspecified atom stereocenters. The summed E-state index contributed by atoms with van der Waals surface area (Å²) in [6.07, 6.45) is 14.9. The average molecular weight is 269 g/mol. The molecule has 0 amide bonds. The molecule has 0 aromatic heterocycles. The SMILES string of the molecule is CSC1CCCC1NCC1CCC2(CCCC2)O1. The minimum atomic E-state index is 0.306. The number of rotatable bonds is 4. The molecule has 3 heteroatoms. The Balaban J connectivity index is 1.44. The molecule has 1 heterocycles. The summed E-state index contributed by atoms with van der Waals surface area (Å²) >= 11 is 2.04. The molecular formula is C15H27NOS. The first-order valence-electron chi connectivity index (χ1n) is 7.75. The van der Waals surface area contributed by atoms with E-state index >= 15 is 0 Å². The van der Waals surface area contributed by atoms with Gasteiger partial charge in [-0.3, -0.25) is 0 Å². The molecule has 1 aliphatic heterocycles. The summed E-state index contributed by atoms with van der Waals surface area (Å²) < 4.78 is 6.37. The fraction of sp³-hybridized carbons (Fsp3) is 1.00. The summed E-state index contributed by atoms with van der Waals surface area (Å²) in [4.78, 5) is 0. The lowest BCUT2D eigenvalue weighted by Gasteiger charge is -2.25. The third-order valence-electron chi connectivity index (χ3n) is 5.22. The Bertz CT molecular complexity index is 278. The van der Waals surface area contributed by atoms with E-state index in [0.717, 1.165) is 17.8 Å². The first kappa shape index (κ1) is 13.3. The lowest BCUT2D eigenvalue weighted by atomic mass is 9.98. The summed E-state index contributed by atoms with van der Waals surface area (Å²) in [7, 11) is 0. The van der Waals surface area contributed by atoms with E-state index in [1.54, 1.807) is 0 Å². The molecule has 3 fully saturated rings. The Morgan fingerprint density at radius 3 is 2.72 bits per heavy atom. The topological polar surface area (TPSA) is 21.3 Å². The predicted molar refractivity (Wildman–Crippen MR) is 78.3 cm³/mol. The van der Waals surface area contributed by atoms with Gasteiger partial charge in [0.15, 0.2) is 0 Å². The number of ether oxygens (including phenoxy) is 1. The van der Waals surface area contributed by atoms with Crippen LogP contribution in [-0.4, -0.2) is 35.8 Å². The molecule has 3 atom stereocenters. The van der Waals surface area contributed by atoms with Crippen molar-refractivity contribution in [3.05, 3.63) is 0 Å². The lowest BCUT2D eigenvalue weighted by molar-refractivity contribution is -0.0357. The maximum absolute atomic E-state index is 6.37. The molecule has 1 spiro atoms. The van der Waals surface area contributed by atoms with Crippen molar-refractivity contribution in [2.45, 2.75) is 80.8 Å². The van der Waals surface area contributed by atoms with Gasteiger partial charge in [-0.05, 0) is 44.8 Å². The molecular weight excluding hydrogens is 242 g/mol. The summed E-state index contributed by atoms with van der Waals surface area (Å²) in [5.74, 6) is 0. The van der Waals surface area contributed by atoms with Gasteiger partial charge in [-0.15, -0.1) is 0 Å². The van der Waals surface area contributed by atoms with Gasteiger partial charge < -0.3 is 10.1 Å². The maximum Gasteiger partial charge on any atom is 0.0708 e. The highest BCUT2D eigenvalue weighted by Crippen LogP contribution is 2.43. The van der Waals surface area contributed by atoms with E-state index < -0.39 is 0 Å². The Morgan fingerprint density at radius 1 is 1.11 bits per heavy atom. The lowest BCUT2D eigenvalue weighted by Crippen LogP contribution is -2.39. The van der Waals surface area contributed by atoms with E-state index in [1.807, 2.05) is 11.8 Å². The van der Waals surface area contributed by atoms with Crippen molar-refractivity contribution in [1.29, 1.82) is 0 Å². The summed E-state index contributed by atoms with van der Waals surface area (Å²) in [5, 5.41) is 4.62. The smallest absolute Gasteiger partial charge is 0.0708 e. The van der Waals surface area contributed by atoms with E-state index in [2.05, 4.69) is 11.6 Å². The largest absolute Gasteiger partial charge is 0.370 e. The van der Waals surface area contributed by atoms with Crippen LogP contribution in [0.5, 0.6) is 0 Å². The van der Waals surface area contributed by atoms with Crippen molar-refractivity contribution in [2.24, 2.45) is 0 Å². The van der Waals surface area contributed by atoms with Crippen LogP contribution in [0.15, 0.2) is 0 Å². The second kappa shape index (κ2) is 5.72. The summed E-state index contributed by atoms with van der Waals surface area (Å²) in [6, 6.07) is 0.740. The van der Waals surface area contributed by atoms with Crippen molar-refractivity contribution in [1.82, 2.24) is 5.32 Å². The molecule has 2 saturated carbocycles. The zero-order valence-electron chi connectivity index (χ0n) is 11.6. The minimum Gasteiger partial charge on any atom is -0.370 e. The predicted octanol–water partition coefficient (Wildman–Crippen LogP) is 3.35. The van der Waals surface area contributed by atoms with Gasteiger partial charge in [-0.25, -0.2) is 0 Å². The van der Waals surface area contributed by atoms with Crippen LogP contribution >= 0.6 is 11.8 Å². The van der Waals surface area contributed by atoms with Crippen LogP contribution in [0.25, 0.3) is 0 Å². The second-order valence-electron chi connectivity index (χ2n) is 6.39. The number of thioether (sulfide) groups is 1. The van der Waals surface area contributed by atoms with Gasteiger partial charge in [-0.1, -0.05) is 19.3 Å². The molecule has 1 saturated heterocycles. The maximum atomic E-state index is 6.37. The monoisotopic (exact) mass is 269 g/mol. The Labute approximate surface area is 116 Å². The minimum absolute atomic E-state index is 0.306. The van der Waals surface area contributed by atoms with Crippen molar-refractivity contribution in [3.63, 3.8) is 0 Å². The molecule has 3 aliphatic rings. The van der Waals surface area contributed by atoms with Crippen LogP contribution < -0.4 is 5.32 Å². The van der Waals surface area contributed by atoms with Crippen molar-refractivity contribution in [3.8, 4) is 0 Å². The average Bonchev–Trinajstić information content (AvgIpc) is 3.10. The fourth-order valence-electron chi connectivity index (χ4n) is 4.15. The van der Waals surface area contributed by atoms with Crippen molar-refractivity contribution >= 4 is 11.8 Å². The van der Waals surface area contributed by atoms with E-state index in [1.165, 1.54) is 57.8 Å². The molecule has 0 aromatic rings. The Hall–Kier alpha value is 0.270. The number of nitrogens with one attached hydrogen (secondary N) is 1. The van der Waals surface area contributed by atoms with Crippen LogP contribution in [0, 0.1) is 0 Å². The molecule has 104 valence electrons. The first-order chi connectivity index (χ1) is 8.81. The van der Waals surface area contributed by atoms with Gasteiger partial charge in [-0.2, -0.15) is 11.8 Å². The van der Waals surface area contributed by atoms with Crippen molar-refractivity contribution < 1.29 is 4.74 Å². The first-order valence-corrected chi connectivity index (χ1v) is 9.04. The quantitative estimate of drug-likeness (QED) is 0.845. The fourth-order valence-corrected chi connectivity index (χ4v) is 5.11. The van der Waals surface area contributed by atoms with Gasteiger partial charge in [0.2, 0.25) is 0 Å². The van der Waals surface area contributed by atoms with Crippen LogP contribution in [0.3, 0.4) is 0 Å². The number of hydrogen-bond donors (Lipinski definition) is 1. The van der Waals surface area contributed by atoms with E-state index in [9.17, 15) is 0 Å². The molecule has 2 aliphatic carbocycles. The Morgan fingerprint density at radius 2 is 1.94 bits per heavy atom. The molecule has 1 N–H and O–H groups in total. The van der Waals surface area contributed by atoms with Gasteiger partial charge in [0.25, 0.3) is 0 Å². The Kier molecular flexibility index (Phi) is 4.21. The van der Waals surface area contributed by atoms with E-state index in [-0.39, 0.29) is 0 Å². The van der Waals surface area contributed by atoms with Crippen LogP contribution in [0.4, 0.5) is 0 Å².